The molecule has 1 saturated heterocycles. The molecule has 0 radical (unpaired) electrons. The summed E-state index contributed by atoms with van der Waals surface area (Å²) in [5, 5.41) is 16.6. The van der Waals surface area contributed by atoms with Gasteiger partial charge in [-0.05, 0) is 32.9 Å². The lowest BCUT2D eigenvalue weighted by atomic mass is 10.1. The van der Waals surface area contributed by atoms with E-state index in [1.54, 1.807) is 0 Å². The van der Waals surface area contributed by atoms with Crippen molar-refractivity contribution < 1.29 is 4.52 Å². The summed E-state index contributed by atoms with van der Waals surface area (Å²) < 4.78 is 5.22. The maximum Gasteiger partial charge on any atom is 0.210 e. The van der Waals surface area contributed by atoms with Crippen LogP contribution in [-0.4, -0.2) is 45.9 Å². The molecular formula is C13H18ClN5O. The number of likely N-dealkylation sites (tertiary alicyclic amines) is 1. The Kier molecular flexibility index (Phi) is 3.76. The minimum absolute atomic E-state index is 0.255. The van der Waals surface area contributed by atoms with E-state index in [-0.39, 0.29) is 5.15 Å². The van der Waals surface area contributed by atoms with Crippen molar-refractivity contribution in [3.63, 3.8) is 0 Å². The fourth-order valence-corrected chi connectivity index (χ4v) is 2.90. The van der Waals surface area contributed by atoms with E-state index in [0.717, 1.165) is 30.6 Å². The Hall–Kier alpha value is -1.40. The summed E-state index contributed by atoms with van der Waals surface area (Å²) in [5.41, 5.74) is 1.28. The normalized spacial score (nSPS) is 20.4. The van der Waals surface area contributed by atoms with Gasteiger partial charge in [-0.1, -0.05) is 23.7 Å². The Balaban J connectivity index is 1.87. The molecular weight excluding hydrogens is 278 g/mol. The molecule has 2 aromatic heterocycles. The van der Waals surface area contributed by atoms with E-state index in [1.165, 1.54) is 13.0 Å². The predicted molar refractivity (Wildman–Crippen MR) is 78.1 cm³/mol. The van der Waals surface area contributed by atoms with E-state index < -0.39 is 0 Å². The van der Waals surface area contributed by atoms with Crippen molar-refractivity contribution in [1.29, 1.82) is 0 Å². The van der Waals surface area contributed by atoms with E-state index in [4.69, 9.17) is 16.1 Å². The summed E-state index contributed by atoms with van der Waals surface area (Å²) in [6.45, 7) is 7.34. The van der Waals surface area contributed by atoms with Gasteiger partial charge in [0.2, 0.25) is 5.58 Å². The SMILES string of the molecule is CCN1CCC[C@@H](Nc2nnc(Cl)c3onc(C)c23)C1. The van der Waals surface area contributed by atoms with Crippen LogP contribution in [0.5, 0.6) is 0 Å². The number of halogens is 1. The summed E-state index contributed by atoms with van der Waals surface area (Å²) in [6.07, 6.45) is 2.32. The molecule has 7 heteroatoms. The molecule has 0 bridgehead atoms. The number of nitrogens with zero attached hydrogens (tertiary/aromatic N) is 4. The van der Waals surface area contributed by atoms with Crippen LogP contribution < -0.4 is 5.32 Å². The molecule has 0 aromatic carbocycles. The number of hydrogen-bond donors (Lipinski definition) is 1. The molecule has 0 saturated carbocycles. The van der Waals surface area contributed by atoms with E-state index in [0.29, 0.717) is 17.4 Å². The van der Waals surface area contributed by atoms with Crippen molar-refractivity contribution in [2.24, 2.45) is 0 Å². The van der Waals surface area contributed by atoms with Gasteiger partial charge < -0.3 is 14.7 Å². The average Bonchev–Trinajstić information content (AvgIpc) is 2.86. The van der Waals surface area contributed by atoms with E-state index in [9.17, 15) is 0 Å². The summed E-state index contributed by atoms with van der Waals surface area (Å²) in [5.74, 6) is 0.714. The summed E-state index contributed by atoms with van der Waals surface area (Å²) in [4.78, 5) is 2.43. The van der Waals surface area contributed by atoms with Crippen LogP contribution in [0.25, 0.3) is 11.0 Å². The number of fused-ring (bicyclic) bond motifs is 1. The molecule has 1 fully saturated rings. The number of hydrogen-bond acceptors (Lipinski definition) is 6. The van der Waals surface area contributed by atoms with Gasteiger partial charge in [0.15, 0.2) is 11.0 Å². The summed E-state index contributed by atoms with van der Waals surface area (Å²) in [7, 11) is 0. The minimum Gasteiger partial charge on any atom is -0.364 e. The standard InChI is InChI=1S/C13H18ClN5O/c1-3-19-6-4-5-9(7-19)15-13-10-8(2)18-20-11(10)12(14)16-17-13/h9H,3-7H2,1-2H3,(H,15,17)/t9-/m1/s1. The Bertz CT molecular complexity index is 614. The second kappa shape index (κ2) is 5.54. The first-order valence-corrected chi connectivity index (χ1v) is 7.34. The fraction of sp³-hybridized carbons (Fsp3) is 0.615. The highest BCUT2D eigenvalue weighted by atomic mass is 35.5. The number of piperidine rings is 1. The largest absolute Gasteiger partial charge is 0.364 e. The molecule has 0 amide bonds. The van der Waals surface area contributed by atoms with Crippen LogP contribution in [0.4, 0.5) is 5.82 Å². The van der Waals surface area contributed by atoms with Gasteiger partial charge in [-0.3, -0.25) is 0 Å². The molecule has 3 heterocycles. The predicted octanol–water partition coefficient (Wildman–Crippen LogP) is 2.48. The Labute approximate surface area is 122 Å². The number of rotatable bonds is 3. The third kappa shape index (κ3) is 2.45. The number of aryl methyl sites for hydroxylation is 1. The fourth-order valence-electron chi connectivity index (χ4n) is 2.73. The van der Waals surface area contributed by atoms with Gasteiger partial charge in [0, 0.05) is 12.6 Å². The first-order valence-electron chi connectivity index (χ1n) is 6.96. The minimum atomic E-state index is 0.255. The van der Waals surface area contributed by atoms with Crippen molar-refractivity contribution >= 4 is 28.4 Å². The molecule has 1 atom stereocenters. The molecule has 108 valence electrons. The second-order valence-corrected chi connectivity index (χ2v) is 5.55. The number of nitrogens with one attached hydrogen (secondary N) is 1. The maximum atomic E-state index is 5.99. The van der Waals surface area contributed by atoms with Crippen molar-refractivity contribution in [3.8, 4) is 0 Å². The van der Waals surface area contributed by atoms with Crippen LogP contribution in [0.15, 0.2) is 4.52 Å². The highest BCUT2D eigenvalue weighted by Gasteiger charge is 2.22. The van der Waals surface area contributed by atoms with Gasteiger partial charge in [0.1, 0.15) is 0 Å². The number of likely N-dealkylation sites (N-methyl/N-ethyl adjacent to an activating group) is 1. The first-order chi connectivity index (χ1) is 9.69. The topological polar surface area (TPSA) is 67.1 Å². The molecule has 6 nitrogen and oxygen atoms in total. The molecule has 0 spiro atoms. The number of aromatic nitrogens is 3. The lowest BCUT2D eigenvalue weighted by Gasteiger charge is -2.32. The van der Waals surface area contributed by atoms with Gasteiger partial charge in [-0.2, -0.15) is 0 Å². The summed E-state index contributed by atoms with van der Waals surface area (Å²) >= 11 is 5.99. The lowest BCUT2D eigenvalue weighted by molar-refractivity contribution is 0.226. The molecule has 0 aliphatic carbocycles. The zero-order chi connectivity index (χ0) is 14.1. The van der Waals surface area contributed by atoms with Crippen LogP contribution in [0.3, 0.4) is 0 Å². The highest BCUT2D eigenvalue weighted by Crippen LogP contribution is 2.29. The zero-order valence-electron chi connectivity index (χ0n) is 11.7. The van der Waals surface area contributed by atoms with Gasteiger partial charge >= 0.3 is 0 Å². The van der Waals surface area contributed by atoms with Gasteiger partial charge in [-0.15, -0.1) is 10.2 Å². The van der Waals surface area contributed by atoms with E-state index >= 15 is 0 Å². The Morgan fingerprint density at radius 3 is 3.10 bits per heavy atom. The smallest absolute Gasteiger partial charge is 0.210 e. The van der Waals surface area contributed by atoms with Crippen LogP contribution in [0.1, 0.15) is 25.5 Å². The van der Waals surface area contributed by atoms with Crippen molar-refractivity contribution in [2.45, 2.75) is 32.7 Å². The van der Waals surface area contributed by atoms with Gasteiger partial charge in [-0.25, -0.2) is 0 Å². The number of anilines is 1. The Morgan fingerprint density at radius 2 is 2.30 bits per heavy atom. The van der Waals surface area contributed by atoms with Crippen LogP contribution >= 0.6 is 11.6 Å². The second-order valence-electron chi connectivity index (χ2n) is 5.19. The third-order valence-electron chi connectivity index (χ3n) is 3.82. The third-order valence-corrected chi connectivity index (χ3v) is 4.07. The molecule has 3 rings (SSSR count). The van der Waals surface area contributed by atoms with Gasteiger partial charge in [0.25, 0.3) is 0 Å². The summed E-state index contributed by atoms with van der Waals surface area (Å²) in [6, 6.07) is 0.372. The van der Waals surface area contributed by atoms with Crippen molar-refractivity contribution in [2.75, 3.05) is 25.0 Å². The van der Waals surface area contributed by atoms with E-state index in [2.05, 4.69) is 32.5 Å². The lowest BCUT2D eigenvalue weighted by Crippen LogP contribution is -2.42. The Morgan fingerprint density at radius 1 is 1.45 bits per heavy atom. The zero-order valence-corrected chi connectivity index (χ0v) is 12.4. The molecule has 20 heavy (non-hydrogen) atoms. The molecule has 1 aliphatic heterocycles. The average molecular weight is 296 g/mol. The van der Waals surface area contributed by atoms with Crippen molar-refractivity contribution in [1.82, 2.24) is 20.3 Å². The quantitative estimate of drug-likeness (QED) is 0.938. The molecule has 1 aliphatic rings. The van der Waals surface area contributed by atoms with Crippen LogP contribution in [0.2, 0.25) is 5.15 Å². The molecule has 1 N–H and O–H groups in total. The van der Waals surface area contributed by atoms with Gasteiger partial charge in [0.05, 0.1) is 11.1 Å². The molecule has 2 aromatic rings. The van der Waals surface area contributed by atoms with Crippen LogP contribution in [0, 0.1) is 6.92 Å². The highest BCUT2D eigenvalue weighted by molar-refractivity contribution is 6.33. The molecule has 0 unspecified atom stereocenters. The van der Waals surface area contributed by atoms with Crippen molar-refractivity contribution in [3.05, 3.63) is 10.8 Å². The maximum absolute atomic E-state index is 5.99. The van der Waals surface area contributed by atoms with E-state index in [1.807, 2.05) is 6.92 Å². The first kappa shape index (κ1) is 13.6. The van der Waals surface area contributed by atoms with Crippen LogP contribution in [-0.2, 0) is 0 Å². The monoisotopic (exact) mass is 295 g/mol.